The Morgan fingerprint density at radius 2 is 1.92 bits per heavy atom. The first kappa shape index (κ1) is 17.8. The number of aryl methyl sites for hydroxylation is 3. The molecule has 0 aliphatic heterocycles. The van der Waals surface area contributed by atoms with Gasteiger partial charge in [-0.05, 0) is 56.5 Å². The summed E-state index contributed by atoms with van der Waals surface area (Å²) in [4.78, 5) is 26.6. The van der Waals surface area contributed by atoms with Gasteiger partial charge in [-0.1, -0.05) is 12.1 Å². The first-order valence-corrected chi connectivity index (χ1v) is 8.03. The minimum absolute atomic E-state index is 0.139. The molecule has 0 aliphatic rings. The van der Waals surface area contributed by atoms with Crippen LogP contribution in [0.1, 0.15) is 34.4 Å². The summed E-state index contributed by atoms with van der Waals surface area (Å²) in [7, 11) is 0. The standard InChI is InChI=1S/C19H24N2O3/c1-12-6-5-7-17(15(12)4)24-9-8-18(22)20-11-16-13(2)10-14(3)21-19(16)23/h5-7,10H,8-9,11H2,1-4H3,(H,20,22)(H,21,23). The van der Waals surface area contributed by atoms with E-state index in [-0.39, 0.29) is 24.4 Å². The molecular weight excluding hydrogens is 304 g/mol. The summed E-state index contributed by atoms with van der Waals surface area (Å²) in [6.45, 7) is 8.26. The fourth-order valence-corrected chi connectivity index (χ4v) is 2.51. The number of ether oxygens (including phenoxy) is 1. The Bertz CT molecular complexity index is 794. The number of amides is 1. The number of hydrogen-bond donors (Lipinski definition) is 2. The quantitative estimate of drug-likeness (QED) is 0.856. The van der Waals surface area contributed by atoms with Crippen molar-refractivity contribution in [2.75, 3.05) is 6.61 Å². The lowest BCUT2D eigenvalue weighted by Crippen LogP contribution is -2.28. The molecule has 0 fully saturated rings. The van der Waals surface area contributed by atoms with Crippen LogP contribution in [-0.4, -0.2) is 17.5 Å². The van der Waals surface area contributed by atoms with E-state index in [0.717, 1.165) is 28.1 Å². The zero-order valence-corrected chi connectivity index (χ0v) is 14.7. The van der Waals surface area contributed by atoms with E-state index in [0.29, 0.717) is 12.2 Å². The Balaban J connectivity index is 1.84. The van der Waals surface area contributed by atoms with Gasteiger partial charge in [-0.15, -0.1) is 0 Å². The summed E-state index contributed by atoms with van der Waals surface area (Å²) in [5.41, 5.74) is 4.37. The van der Waals surface area contributed by atoms with Crippen LogP contribution in [-0.2, 0) is 11.3 Å². The van der Waals surface area contributed by atoms with Crippen molar-refractivity contribution in [3.8, 4) is 5.75 Å². The second-order valence-electron chi connectivity index (χ2n) is 6.02. The van der Waals surface area contributed by atoms with Crippen molar-refractivity contribution in [1.82, 2.24) is 10.3 Å². The van der Waals surface area contributed by atoms with Gasteiger partial charge in [0.2, 0.25) is 5.91 Å². The first-order valence-electron chi connectivity index (χ1n) is 8.03. The highest BCUT2D eigenvalue weighted by Crippen LogP contribution is 2.20. The molecule has 0 spiro atoms. The van der Waals surface area contributed by atoms with Gasteiger partial charge in [0, 0.05) is 17.8 Å². The fourth-order valence-electron chi connectivity index (χ4n) is 2.51. The van der Waals surface area contributed by atoms with Crippen LogP contribution in [0.25, 0.3) is 0 Å². The number of carbonyl (C=O) groups is 1. The number of benzene rings is 1. The van der Waals surface area contributed by atoms with Crippen molar-refractivity contribution in [2.24, 2.45) is 0 Å². The number of H-pyrrole nitrogens is 1. The molecule has 0 radical (unpaired) electrons. The highest BCUT2D eigenvalue weighted by atomic mass is 16.5. The number of hydrogen-bond acceptors (Lipinski definition) is 3. The third kappa shape index (κ3) is 4.47. The molecule has 1 aromatic carbocycles. The van der Waals surface area contributed by atoms with Crippen molar-refractivity contribution >= 4 is 5.91 Å². The SMILES string of the molecule is Cc1cc(C)c(CNC(=O)CCOc2cccc(C)c2C)c(=O)[nH]1. The van der Waals surface area contributed by atoms with E-state index in [1.165, 1.54) is 0 Å². The smallest absolute Gasteiger partial charge is 0.253 e. The number of rotatable bonds is 6. The van der Waals surface area contributed by atoms with Gasteiger partial charge in [-0.25, -0.2) is 0 Å². The highest BCUT2D eigenvalue weighted by Gasteiger charge is 2.08. The second kappa shape index (κ2) is 7.81. The Labute approximate surface area is 142 Å². The summed E-state index contributed by atoms with van der Waals surface area (Å²) in [5.74, 6) is 0.660. The molecule has 5 nitrogen and oxygen atoms in total. The van der Waals surface area contributed by atoms with E-state index < -0.39 is 0 Å². The van der Waals surface area contributed by atoms with E-state index in [1.807, 2.05) is 52.0 Å². The first-order chi connectivity index (χ1) is 11.4. The molecule has 0 unspecified atom stereocenters. The third-order valence-corrected chi connectivity index (χ3v) is 4.10. The minimum Gasteiger partial charge on any atom is -0.493 e. The summed E-state index contributed by atoms with van der Waals surface area (Å²) < 4.78 is 5.67. The number of pyridine rings is 1. The summed E-state index contributed by atoms with van der Waals surface area (Å²) in [6, 6.07) is 7.75. The van der Waals surface area contributed by atoms with Gasteiger partial charge >= 0.3 is 0 Å². The molecule has 1 amide bonds. The molecule has 5 heteroatoms. The topological polar surface area (TPSA) is 71.2 Å². The van der Waals surface area contributed by atoms with Gasteiger partial charge in [0.05, 0.1) is 13.0 Å². The number of aromatic nitrogens is 1. The predicted molar refractivity (Wildman–Crippen MR) is 94.4 cm³/mol. The molecule has 1 heterocycles. The van der Waals surface area contributed by atoms with Crippen molar-refractivity contribution in [1.29, 1.82) is 0 Å². The van der Waals surface area contributed by atoms with Crippen LogP contribution in [0.5, 0.6) is 5.75 Å². The Hall–Kier alpha value is -2.56. The fraction of sp³-hybridized carbons (Fsp3) is 0.368. The van der Waals surface area contributed by atoms with Crippen molar-refractivity contribution in [2.45, 2.75) is 40.7 Å². The van der Waals surface area contributed by atoms with E-state index in [1.54, 1.807) is 0 Å². The van der Waals surface area contributed by atoms with Crippen LogP contribution >= 0.6 is 0 Å². The molecule has 0 saturated carbocycles. The monoisotopic (exact) mass is 328 g/mol. The van der Waals surface area contributed by atoms with Crippen molar-refractivity contribution in [3.05, 3.63) is 62.6 Å². The number of nitrogens with one attached hydrogen (secondary N) is 2. The van der Waals surface area contributed by atoms with Gasteiger partial charge in [-0.2, -0.15) is 0 Å². The van der Waals surface area contributed by atoms with Gasteiger partial charge in [0.1, 0.15) is 5.75 Å². The van der Waals surface area contributed by atoms with Crippen molar-refractivity contribution in [3.63, 3.8) is 0 Å². The maximum absolute atomic E-state index is 11.9. The molecule has 0 atom stereocenters. The Morgan fingerprint density at radius 3 is 2.62 bits per heavy atom. The lowest BCUT2D eigenvalue weighted by molar-refractivity contribution is -0.121. The zero-order chi connectivity index (χ0) is 17.7. The van der Waals surface area contributed by atoms with Gasteiger partial charge in [-0.3, -0.25) is 9.59 Å². The molecule has 0 aliphatic carbocycles. The van der Waals surface area contributed by atoms with Gasteiger partial charge in [0.25, 0.3) is 5.56 Å². The van der Waals surface area contributed by atoms with Crippen LogP contribution in [0.15, 0.2) is 29.1 Å². The molecule has 2 N–H and O–H groups in total. The molecule has 2 rings (SSSR count). The predicted octanol–water partition coefficient (Wildman–Crippen LogP) is 2.69. The second-order valence-corrected chi connectivity index (χ2v) is 6.02. The molecule has 128 valence electrons. The lowest BCUT2D eigenvalue weighted by atomic mass is 10.1. The molecule has 24 heavy (non-hydrogen) atoms. The van der Waals surface area contributed by atoms with Crippen LogP contribution in [0.3, 0.4) is 0 Å². The Morgan fingerprint density at radius 1 is 1.17 bits per heavy atom. The molecule has 0 bridgehead atoms. The Kier molecular flexibility index (Phi) is 5.79. The minimum atomic E-state index is -0.153. The largest absolute Gasteiger partial charge is 0.493 e. The summed E-state index contributed by atoms with van der Waals surface area (Å²) >= 11 is 0. The third-order valence-electron chi connectivity index (χ3n) is 4.10. The maximum Gasteiger partial charge on any atom is 0.253 e. The van der Waals surface area contributed by atoms with E-state index in [4.69, 9.17) is 4.74 Å². The summed E-state index contributed by atoms with van der Waals surface area (Å²) in [6.07, 6.45) is 0.246. The van der Waals surface area contributed by atoms with Crippen molar-refractivity contribution < 1.29 is 9.53 Å². The van der Waals surface area contributed by atoms with Crippen LogP contribution < -0.4 is 15.6 Å². The molecule has 2 aromatic rings. The normalized spacial score (nSPS) is 10.5. The van der Waals surface area contributed by atoms with E-state index in [2.05, 4.69) is 10.3 Å². The average molecular weight is 328 g/mol. The van der Waals surface area contributed by atoms with Gasteiger partial charge in [0.15, 0.2) is 0 Å². The van der Waals surface area contributed by atoms with E-state index in [9.17, 15) is 9.59 Å². The number of aromatic amines is 1. The van der Waals surface area contributed by atoms with Crippen LogP contribution in [0, 0.1) is 27.7 Å². The molecular formula is C19H24N2O3. The summed E-state index contributed by atoms with van der Waals surface area (Å²) in [5, 5.41) is 2.77. The lowest BCUT2D eigenvalue weighted by Gasteiger charge is -2.11. The molecule has 1 aromatic heterocycles. The van der Waals surface area contributed by atoms with Crippen LogP contribution in [0.2, 0.25) is 0 Å². The highest BCUT2D eigenvalue weighted by molar-refractivity contribution is 5.76. The zero-order valence-electron chi connectivity index (χ0n) is 14.7. The van der Waals surface area contributed by atoms with E-state index >= 15 is 0 Å². The maximum atomic E-state index is 11.9. The van der Waals surface area contributed by atoms with Gasteiger partial charge < -0.3 is 15.0 Å². The average Bonchev–Trinajstić information content (AvgIpc) is 2.50. The molecule has 0 saturated heterocycles. The van der Waals surface area contributed by atoms with Crippen LogP contribution in [0.4, 0.5) is 0 Å². The number of carbonyl (C=O) groups excluding carboxylic acids is 1.